The van der Waals surface area contributed by atoms with Crippen molar-refractivity contribution in [2.45, 2.75) is 50.6 Å². The van der Waals surface area contributed by atoms with Gasteiger partial charge in [-0.05, 0) is 68.5 Å². The molecule has 1 amide bonds. The number of fused-ring (bicyclic) bond motifs is 2. The van der Waals surface area contributed by atoms with Crippen LogP contribution in [-0.4, -0.2) is 59.6 Å². The fourth-order valence-electron chi connectivity index (χ4n) is 5.68. The molecule has 1 aromatic carbocycles. The molecule has 2 saturated heterocycles. The third-order valence-corrected chi connectivity index (χ3v) is 7.31. The van der Waals surface area contributed by atoms with Crippen molar-refractivity contribution in [3.63, 3.8) is 0 Å². The number of piperidine rings is 1. The minimum atomic E-state index is 0.0590. The molecule has 0 radical (unpaired) electrons. The highest BCUT2D eigenvalue weighted by Gasteiger charge is 2.44. The van der Waals surface area contributed by atoms with Gasteiger partial charge in [0.15, 0.2) is 0 Å². The molecule has 1 spiro atoms. The Bertz CT molecular complexity index is 914. The maximum Gasteiger partial charge on any atom is 0.255 e. The lowest BCUT2D eigenvalue weighted by molar-refractivity contribution is 0.0102. The lowest BCUT2D eigenvalue weighted by Gasteiger charge is -2.50. The van der Waals surface area contributed by atoms with E-state index in [4.69, 9.17) is 4.74 Å². The van der Waals surface area contributed by atoms with Crippen LogP contribution >= 0.6 is 0 Å². The van der Waals surface area contributed by atoms with Crippen LogP contribution in [0.2, 0.25) is 0 Å². The second-order valence-electron chi connectivity index (χ2n) is 9.23. The summed E-state index contributed by atoms with van der Waals surface area (Å²) in [6, 6.07) is 11.4. The molecular weight excluding hydrogens is 374 g/mol. The van der Waals surface area contributed by atoms with E-state index in [2.05, 4.69) is 39.0 Å². The molecule has 5 nitrogen and oxygen atoms in total. The fourth-order valence-corrected chi connectivity index (χ4v) is 5.68. The summed E-state index contributed by atoms with van der Waals surface area (Å²) in [5.74, 6) is 0.104. The van der Waals surface area contributed by atoms with Crippen molar-refractivity contribution < 1.29 is 9.53 Å². The Balaban J connectivity index is 1.39. The van der Waals surface area contributed by atoms with E-state index in [1.807, 2.05) is 13.0 Å². The maximum absolute atomic E-state index is 13.4. The van der Waals surface area contributed by atoms with Crippen LogP contribution in [0.3, 0.4) is 0 Å². The molecule has 4 heterocycles. The average molecular weight is 406 g/mol. The van der Waals surface area contributed by atoms with Gasteiger partial charge in [-0.25, -0.2) is 0 Å². The molecule has 1 aromatic heterocycles. The van der Waals surface area contributed by atoms with Gasteiger partial charge in [0.25, 0.3) is 5.91 Å². The zero-order valence-electron chi connectivity index (χ0n) is 17.8. The van der Waals surface area contributed by atoms with E-state index in [1.54, 1.807) is 12.4 Å². The van der Waals surface area contributed by atoms with Crippen LogP contribution in [0.5, 0.6) is 0 Å². The molecule has 158 valence electrons. The number of carbonyl (C=O) groups excluding carboxylic acids is 1. The van der Waals surface area contributed by atoms with E-state index in [-0.39, 0.29) is 11.3 Å². The number of ether oxygens (including phenoxy) is 1. The molecule has 0 unspecified atom stereocenters. The summed E-state index contributed by atoms with van der Waals surface area (Å²) in [5, 5.41) is 0. The number of rotatable bonds is 2. The third-order valence-electron chi connectivity index (χ3n) is 7.31. The Hall–Kier alpha value is -2.24. The molecule has 2 fully saturated rings. The predicted octanol–water partition coefficient (Wildman–Crippen LogP) is 3.56. The fraction of sp³-hybridized carbons (Fsp3) is 0.520. The molecule has 0 atom stereocenters. The normalized spacial score (nSPS) is 22.1. The van der Waals surface area contributed by atoms with E-state index in [0.717, 1.165) is 64.1 Å². The quantitative estimate of drug-likeness (QED) is 0.766. The van der Waals surface area contributed by atoms with Gasteiger partial charge in [0.1, 0.15) is 0 Å². The summed E-state index contributed by atoms with van der Waals surface area (Å²) in [6.07, 6.45) is 8.02. The summed E-state index contributed by atoms with van der Waals surface area (Å²) in [4.78, 5) is 22.3. The summed E-state index contributed by atoms with van der Waals surface area (Å²) >= 11 is 0. The first kappa shape index (κ1) is 19.7. The maximum atomic E-state index is 13.4. The Morgan fingerprint density at radius 3 is 2.67 bits per heavy atom. The van der Waals surface area contributed by atoms with Crippen molar-refractivity contribution in [2.75, 3.05) is 32.8 Å². The predicted molar refractivity (Wildman–Crippen MR) is 116 cm³/mol. The highest BCUT2D eigenvalue weighted by atomic mass is 16.5. The molecule has 0 saturated carbocycles. The van der Waals surface area contributed by atoms with Crippen LogP contribution in [0, 0.1) is 6.92 Å². The Morgan fingerprint density at radius 1 is 1.13 bits per heavy atom. The van der Waals surface area contributed by atoms with E-state index in [1.165, 1.54) is 11.1 Å². The van der Waals surface area contributed by atoms with Crippen molar-refractivity contribution in [3.8, 4) is 0 Å². The SMILES string of the molecule is Cc1cncc(C(=O)N2Cc3ccccc3C3(CCN(C4CCOCC4)CC3)C2)c1. The number of amides is 1. The van der Waals surface area contributed by atoms with Crippen LogP contribution < -0.4 is 0 Å². The summed E-state index contributed by atoms with van der Waals surface area (Å²) in [6.45, 7) is 7.47. The zero-order chi connectivity index (χ0) is 20.6. The minimum absolute atomic E-state index is 0.0590. The Labute approximate surface area is 179 Å². The number of aromatic nitrogens is 1. The first-order valence-corrected chi connectivity index (χ1v) is 11.3. The number of likely N-dealkylation sites (tertiary alicyclic amines) is 1. The summed E-state index contributed by atoms with van der Waals surface area (Å²) in [5.41, 5.74) is 4.55. The van der Waals surface area contributed by atoms with Crippen LogP contribution in [0.1, 0.15) is 52.7 Å². The second-order valence-corrected chi connectivity index (χ2v) is 9.23. The highest BCUT2D eigenvalue weighted by molar-refractivity contribution is 5.94. The number of benzene rings is 1. The Morgan fingerprint density at radius 2 is 1.90 bits per heavy atom. The molecule has 30 heavy (non-hydrogen) atoms. The number of nitrogens with zero attached hydrogens (tertiary/aromatic N) is 3. The first-order valence-electron chi connectivity index (χ1n) is 11.3. The molecule has 5 heteroatoms. The lowest BCUT2D eigenvalue weighted by atomic mass is 9.68. The molecule has 2 aromatic rings. The monoisotopic (exact) mass is 405 g/mol. The van der Waals surface area contributed by atoms with Gasteiger partial charge in [-0.15, -0.1) is 0 Å². The van der Waals surface area contributed by atoms with Gasteiger partial charge < -0.3 is 14.5 Å². The molecule has 0 aliphatic carbocycles. The molecule has 5 rings (SSSR count). The number of hydrogen-bond acceptors (Lipinski definition) is 4. The van der Waals surface area contributed by atoms with Crippen molar-refractivity contribution in [1.82, 2.24) is 14.8 Å². The van der Waals surface area contributed by atoms with E-state index in [0.29, 0.717) is 18.2 Å². The van der Waals surface area contributed by atoms with Gasteiger partial charge in [0, 0.05) is 50.2 Å². The van der Waals surface area contributed by atoms with Gasteiger partial charge in [-0.1, -0.05) is 24.3 Å². The van der Waals surface area contributed by atoms with Gasteiger partial charge >= 0.3 is 0 Å². The van der Waals surface area contributed by atoms with Gasteiger partial charge in [-0.2, -0.15) is 0 Å². The summed E-state index contributed by atoms with van der Waals surface area (Å²) < 4.78 is 5.56. The molecule has 3 aliphatic rings. The number of carbonyl (C=O) groups is 1. The standard InChI is InChI=1S/C25H31N3O2/c1-19-14-21(16-26-15-19)24(29)28-17-20-4-2-3-5-23(20)25(18-28)8-10-27(11-9-25)22-6-12-30-13-7-22/h2-5,14-16,22H,6-13,17-18H2,1H3. The van der Waals surface area contributed by atoms with Gasteiger partial charge in [0.2, 0.25) is 0 Å². The van der Waals surface area contributed by atoms with Crippen molar-refractivity contribution in [3.05, 3.63) is 65.0 Å². The molecule has 3 aliphatic heterocycles. The van der Waals surface area contributed by atoms with Crippen LogP contribution in [-0.2, 0) is 16.7 Å². The number of hydrogen-bond donors (Lipinski definition) is 0. The van der Waals surface area contributed by atoms with Crippen molar-refractivity contribution in [1.29, 1.82) is 0 Å². The van der Waals surface area contributed by atoms with Crippen LogP contribution in [0.15, 0.2) is 42.7 Å². The first-order chi connectivity index (χ1) is 14.6. The van der Waals surface area contributed by atoms with Crippen LogP contribution in [0.25, 0.3) is 0 Å². The Kier molecular flexibility index (Phi) is 5.34. The van der Waals surface area contributed by atoms with Crippen molar-refractivity contribution in [2.24, 2.45) is 0 Å². The molecule has 0 bridgehead atoms. The van der Waals surface area contributed by atoms with Gasteiger partial charge in [-0.3, -0.25) is 9.78 Å². The minimum Gasteiger partial charge on any atom is -0.381 e. The largest absolute Gasteiger partial charge is 0.381 e. The number of aryl methyl sites for hydroxylation is 1. The smallest absolute Gasteiger partial charge is 0.255 e. The topological polar surface area (TPSA) is 45.7 Å². The van der Waals surface area contributed by atoms with E-state index < -0.39 is 0 Å². The number of pyridine rings is 1. The molecular formula is C25H31N3O2. The lowest BCUT2D eigenvalue weighted by Crippen LogP contribution is -2.55. The zero-order valence-corrected chi connectivity index (χ0v) is 17.8. The van der Waals surface area contributed by atoms with Gasteiger partial charge in [0.05, 0.1) is 5.56 Å². The molecule has 0 N–H and O–H groups in total. The summed E-state index contributed by atoms with van der Waals surface area (Å²) in [7, 11) is 0. The van der Waals surface area contributed by atoms with E-state index in [9.17, 15) is 4.79 Å². The third kappa shape index (κ3) is 3.65. The van der Waals surface area contributed by atoms with Crippen molar-refractivity contribution >= 4 is 5.91 Å². The second kappa shape index (κ2) is 8.12. The average Bonchev–Trinajstić information content (AvgIpc) is 2.80. The van der Waals surface area contributed by atoms with Crippen LogP contribution in [0.4, 0.5) is 0 Å². The highest BCUT2D eigenvalue weighted by Crippen LogP contribution is 2.42. The van der Waals surface area contributed by atoms with E-state index >= 15 is 0 Å².